The van der Waals surface area contributed by atoms with Crippen LogP contribution in [0.1, 0.15) is 55.6 Å². The number of rotatable bonds is 6. The number of nitrogen functional groups attached to an aromatic ring is 1. The molecule has 0 radical (unpaired) electrons. The van der Waals surface area contributed by atoms with Gasteiger partial charge in [-0.1, -0.05) is 0 Å². The zero-order valence-electron chi connectivity index (χ0n) is 20.0. The van der Waals surface area contributed by atoms with Crippen LogP contribution >= 0.6 is 0 Å². The minimum Gasteiger partial charge on any atom is -0.422 e. The first-order valence-corrected chi connectivity index (χ1v) is 12.0. The summed E-state index contributed by atoms with van der Waals surface area (Å²) in [5, 5.41) is 3.69. The van der Waals surface area contributed by atoms with Crippen molar-refractivity contribution >= 4 is 34.3 Å². The van der Waals surface area contributed by atoms with Crippen LogP contribution in [0.2, 0.25) is 0 Å². The maximum Gasteiger partial charge on any atom is 0.416 e. The summed E-state index contributed by atoms with van der Waals surface area (Å²) in [6.07, 6.45) is -0.860. The van der Waals surface area contributed by atoms with Gasteiger partial charge in [-0.2, -0.15) is 13.2 Å². The summed E-state index contributed by atoms with van der Waals surface area (Å²) in [6.45, 7) is 5.04. The molecular formula is C25H27F3N6O2. The van der Waals surface area contributed by atoms with Gasteiger partial charge in [0.25, 0.3) is 0 Å². The molecule has 0 spiro atoms. The van der Waals surface area contributed by atoms with E-state index in [0.717, 1.165) is 50.9 Å². The molecule has 190 valence electrons. The van der Waals surface area contributed by atoms with Crippen LogP contribution in [0.3, 0.4) is 0 Å². The number of benzene rings is 1. The summed E-state index contributed by atoms with van der Waals surface area (Å²) < 4.78 is 45.7. The molecule has 0 bridgehead atoms. The first-order valence-electron chi connectivity index (χ1n) is 12.0. The van der Waals surface area contributed by atoms with Crippen LogP contribution in [0, 0.1) is 12.8 Å². The van der Waals surface area contributed by atoms with E-state index in [0.29, 0.717) is 39.8 Å². The smallest absolute Gasteiger partial charge is 0.416 e. The summed E-state index contributed by atoms with van der Waals surface area (Å²) in [5.41, 5.74) is 5.72. The van der Waals surface area contributed by atoms with E-state index in [1.807, 2.05) is 0 Å². The number of fused-ring (bicyclic) bond motifs is 1. The maximum absolute atomic E-state index is 13.3. The molecule has 8 nitrogen and oxygen atoms in total. The van der Waals surface area contributed by atoms with Crippen LogP contribution in [0.15, 0.2) is 24.3 Å². The lowest BCUT2D eigenvalue weighted by Gasteiger charge is -2.22. The number of nitrogens with two attached hydrogens (primary N) is 1. The normalized spacial score (nSPS) is 16.9. The predicted octanol–water partition coefficient (Wildman–Crippen LogP) is 5.02. The van der Waals surface area contributed by atoms with Crippen molar-refractivity contribution in [2.45, 2.75) is 51.7 Å². The Morgan fingerprint density at radius 2 is 1.86 bits per heavy atom. The Hall–Kier alpha value is -3.63. The molecule has 1 aliphatic heterocycles. The van der Waals surface area contributed by atoms with Crippen molar-refractivity contribution in [3.63, 3.8) is 0 Å². The molecule has 3 aromatic rings. The number of hydrogen-bond donors (Lipinski definition) is 2. The molecule has 1 aromatic carbocycles. The Balaban J connectivity index is 1.54. The number of esters is 1. The van der Waals surface area contributed by atoms with Gasteiger partial charge in [-0.3, -0.25) is 4.79 Å². The number of carbonyl (C=O) groups is 1. The van der Waals surface area contributed by atoms with Crippen molar-refractivity contribution < 1.29 is 22.7 Å². The average molecular weight is 501 g/mol. The standard InChI is InChI=1S/C25H27F3N6O2/c1-13(16-9-17(25(26,27)28)11-18(29)10-16)30-21-19-12-20(36-24(35)15-5-6-15)23(34-7-3-4-8-34)33-22(19)32-14(2)31-21/h9-13,15H,3-8,29H2,1-2H3,(H,30,31,32,33)/t13-/m1/s1. The van der Waals surface area contributed by atoms with E-state index in [-0.39, 0.29) is 17.6 Å². The lowest BCUT2D eigenvalue weighted by molar-refractivity contribution is -0.137. The first-order chi connectivity index (χ1) is 17.1. The molecule has 1 atom stereocenters. The van der Waals surface area contributed by atoms with Crippen LogP contribution in [-0.2, 0) is 11.0 Å². The summed E-state index contributed by atoms with van der Waals surface area (Å²) in [7, 11) is 0. The number of nitrogens with one attached hydrogen (secondary N) is 1. The van der Waals surface area contributed by atoms with Gasteiger partial charge in [-0.25, -0.2) is 15.0 Å². The van der Waals surface area contributed by atoms with Crippen LogP contribution in [0.4, 0.5) is 30.5 Å². The van der Waals surface area contributed by atoms with Crippen molar-refractivity contribution in [1.29, 1.82) is 0 Å². The molecule has 0 amide bonds. The van der Waals surface area contributed by atoms with Gasteiger partial charge in [0.2, 0.25) is 0 Å². The second kappa shape index (κ2) is 9.11. The highest BCUT2D eigenvalue weighted by Gasteiger charge is 2.34. The topological polar surface area (TPSA) is 106 Å². The third kappa shape index (κ3) is 5.00. The molecule has 3 heterocycles. The fourth-order valence-corrected chi connectivity index (χ4v) is 4.37. The van der Waals surface area contributed by atoms with Gasteiger partial charge in [-0.05, 0) is 69.4 Å². The molecule has 1 aliphatic carbocycles. The van der Waals surface area contributed by atoms with Gasteiger partial charge < -0.3 is 20.7 Å². The van der Waals surface area contributed by atoms with E-state index in [9.17, 15) is 18.0 Å². The zero-order chi connectivity index (χ0) is 25.6. The third-order valence-electron chi connectivity index (χ3n) is 6.43. The largest absolute Gasteiger partial charge is 0.422 e. The van der Waals surface area contributed by atoms with E-state index < -0.39 is 17.8 Å². The van der Waals surface area contributed by atoms with Gasteiger partial charge in [0.1, 0.15) is 11.6 Å². The fourth-order valence-electron chi connectivity index (χ4n) is 4.37. The first kappa shape index (κ1) is 24.1. The average Bonchev–Trinajstić information content (AvgIpc) is 3.52. The van der Waals surface area contributed by atoms with E-state index in [1.54, 1.807) is 19.9 Å². The quantitative estimate of drug-likeness (QED) is 0.359. The molecule has 5 rings (SSSR count). The van der Waals surface area contributed by atoms with Crippen LogP contribution in [0.5, 0.6) is 5.75 Å². The summed E-state index contributed by atoms with van der Waals surface area (Å²) in [4.78, 5) is 28.3. The van der Waals surface area contributed by atoms with E-state index in [2.05, 4.69) is 20.2 Å². The second-order valence-electron chi connectivity index (χ2n) is 9.44. The number of aromatic nitrogens is 3. The fraction of sp³-hybridized carbons (Fsp3) is 0.440. The minimum absolute atomic E-state index is 0.0170. The number of pyridine rings is 1. The maximum atomic E-state index is 13.3. The molecular weight excluding hydrogens is 473 g/mol. The molecule has 36 heavy (non-hydrogen) atoms. The molecule has 1 saturated heterocycles. The van der Waals surface area contributed by atoms with Gasteiger partial charge in [0.15, 0.2) is 17.2 Å². The highest BCUT2D eigenvalue weighted by molar-refractivity contribution is 5.91. The summed E-state index contributed by atoms with van der Waals surface area (Å²) in [5.74, 6) is 1.36. The van der Waals surface area contributed by atoms with Crippen molar-refractivity contribution in [3.8, 4) is 5.75 Å². The Bertz CT molecular complexity index is 1320. The Kier molecular flexibility index (Phi) is 6.09. The lowest BCUT2D eigenvalue weighted by Crippen LogP contribution is -2.22. The molecule has 2 aliphatic rings. The Morgan fingerprint density at radius 3 is 2.53 bits per heavy atom. The number of hydrogen-bond acceptors (Lipinski definition) is 8. The number of alkyl halides is 3. The molecule has 3 N–H and O–H groups in total. The lowest BCUT2D eigenvalue weighted by atomic mass is 10.0. The molecule has 11 heteroatoms. The predicted molar refractivity (Wildman–Crippen MR) is 130 cm³/mol. The highest BCUT2D eigenvalue weighted by Crippen LogP contribution is 2.38. The number of anilines is 3. The Morgan fingerprint density at radius 1 is 1.14 bits per heavy atom. The number of aryl methyl sites for hydroxylation is 1. The number of halogens is 3. The number of ether oxygens (including phenoxy) is 1. The van der Waals surface area contributed by atoms with Crippen LogP contribution < -0.4 is 20.7 Å². The summed E-state index contributed by atoms with van der Waals surface area (Å²) >= 11 is 0. The SMILES string of the molecule is Cc1nc(N[C@H](C)c2cc(N)cc(C(F)(F)F)c2)c2cc(OC(=O)C3CC3)c(N3CCCC3)nc2n1. The monoisotopic (exact) mass is 500 g/mol. The van der Waals surface area contributed by atoms with Crippen molar-refractivity contribution in [1.82, 2.24) is 15.0 Å². The number of nitrogens with zero attached hydrogens (tertiary/aromatic N) is 4. The molecule has 1 saturated carbocycles. The van der Waals surface area contributed by atoms with Gasteiger partial charge in [0, 0.05) is 18.8 Å². The zero-order valence-corrected chi connectivity index (χ0v) is 20.0. The Labute approximate surface area is 206 Å². The molecule has 2 fully saturated rings. The van der Waals surface area contributed by atoms with E-state index in [1.165, 1.54) is 6.07 Å². The van der Waals surface area contributed by atoms with Gasteiger partial charge in [-0.15, -0.1) is 0 Å². The molecule has 2 aromatic heterocycles. The molecule has 0 unspecified atom stereocenters. The second-order valence-corrected chi connectivity index (χ2v) is 9.44. The van der Waals surface area contributed by atoms with Crippen LogP contribution in [0.25, 0.3) is 11.0 Å². The number of carbonyl (C=O) groups excluding carboxylic acids is 1. The van der Waals surface area contributed by atoms with Crippen molar-refractivity contribution in [2.75, 3.05) is 29.0 Å². The summed E-state index contributed by atoms with van der Waals surface area (Å²) in [6, 6.07) is 4.60. The van der Waals surface area contributed by atoms with Crippen LogP contribution in [-0.4, -0.2) is 34.0 Å². The van der Waals surface area contributed by atoms with Crippen molar-refractivity contribution in [2.24, 2.45) is 5.92 Å². The van der Waals surface area contributed by atoms with E-state index >= 15 is 0 Å². The minimum atomic E-state index is -4.52. The van der Waals surface area contributed by atoms with Gasteiger partial charge in [0.05, 0.1) is 22.9 Å². The van der Waals surface area contributed by atoms with Crippen molar-refractivity contribution in [3.05, 3.63) is 41.2 Å². The highest BCUT2D eigenvalue weighted by atomic mass is 19.4. The third-order valence-corrected chi connectivity index (χ3v) is 6.43. The van der Waals surface area contributed by atoms with E-state index in [4.69, 9.17) is 15.5 Å². The van der Waals surface area contributed by atoms with Gasteiger partial charge >= 0.3 is 12.1 Å².